The predicted octanol–water partition coefficient (Wildman–Crippen LogP) is 3.58. The van der Waals surface area contributed by atoms with Crippen LogP contribution in [0.15, 0.2) is 0 Å². The van der Waals surface area contributed by atoms with E-state index in [1.165, 1.54) is 13.8 Å². The topological polar surface area (TPSA) is 77.7 Å². The van der Waals surface area contributed by atoms with Gasteiger partial charge in [0.2, 0.25) is 5.79 Å². The molecular weight excluding hydrogens is 408 g/mol. The summed E-state index contributed by atoms with van der Waals surface area (Å²) in [5.41, 5.74) is -1.07. The van der Waals surface area contributed by atoms with Gasteiger partial charge in [-0.2, -0.15) is 0 Å². The van der Waals surface area contributed by atoms with E-state index in [4.69, 9.17) is 30.5 Å². The summed E-state index contributed by atoms with van der Waals surface area (Å²) in [5.74, 6) is -0.0831. The first-order valence-electron chi connectivity index (χ1n) is 11.4. The first-order valence-corrected chi connectivity index (χ1v) is 11.9. The lowest BCUT2D eigenvalue weighted by atomic mass is 9.43. The third kappa shape index (κ3) is 2.19. The van der Waals surface area contributed by atoms with Crippen molar-refractivity contribution >= 4 is 23.5 Å². The largest absolute Gasteiger partial charge is 0.457 e. The number of epoxide rings is 2. The third-order valence-electron chi connectivity index (χ3n) is 9.98. The average Bonchev–Trinajstić information content (AvgIpc) is 3.51. The predicted molar refractivity (Wildman–Crippen MR) is 107 cm³/mol. The molecule has 6 fully saturated rings. The Morgan fingerprint density at radius 1 is 0.967 bits per heavy atom. The van der Waals surface area contributed by atoms with Gasteiger partial charge in [-0.15, -0.1) is 11.6 Å². The van der Waals surface area contributed by atoms with Crippen molar-refractivity contribution in [2.75, 3.05) is 0 Å². The van der Waals surface area contributed by atoms with Crippen molar-refractivity contribution in [3.05, 3.63) is 0 Å². The summed E-state index contributed by atoms with van der Waals surface area (Å²) >= 11 is 7.14. The molecular formula is C23H31ClO6. The fourth-order valence-electron chi connectivity index (χ4n) is 8.65. The third-order valence-corrected chi connectivity index (χ3v) is 10.5. The van der Waals surface area contributed by atoms with E-state index < -0.39 is 11.4 Å². The minimum Gasteiger partial charge on any atom is -0.457 e. The molecule has 4 aliphatic carbocycles. The van der Waals surface area contributed by atoms with E-state index in [9.17, 15) is 9.59 Å². The van der Waals surface area contributed by atoms with Crippen molar-refractivity contribution in [2.45, 2.75) is 101 Å². The molecule has 0 spiro atoms. The molecule has 166 valence electrons. The van der Waals surface area contributed by atoms with Gasteiger partial charge < -0.3 is 18.9 Å². The van der Waals surface area contributed by atoms with Gasteiger partial charge in [0.05, 0.1) is 17.6 Å². The van der Waals surface area contributed by atoms with E-state index >= 15 is 0 Å². The summed E-state index contributed by atoms with van der Waals surface area (Å²) < 4.78 is 23.9. The molecule has 6 nitrogen and oxygen atoms in total. The monoisotopic (exact) mass is 438 g/mol. The minimum absolute atomic E-state index is 0.000568. The Kier molecular flexibility index (Phi) is 3.79. The molecule has 6 rings (SSSR count). The lowest BCUT2D eigenvalue weighted by molar-refractivity contribution is -0.234. The molecule has 0 radical (unpaired) electrons. The fourth-order valence-corrected chi connectivity index (χ4v) is 9.24. The second-order valence-electron chi connectivity index (χ2n) is 11.2. The molecule has 2 heterocycles. The molecule has 7 heteroatoms. The number of fused-ring (bicyclic) bond motifs is 8. The van der Waals surface area contributed by atoms with Gasteiger partial charge in [-0.05, 0) is 49.9 Å². The van der Waals surface area contributed by atoms with Gasteiger partial charge in [-0.1, -0.05) is 13.8 Å². The Balaban J connectivity index is 1.38. The molecule has 2 saturated heterocycles. The molecule has 0 bridgehead atoms. The first-order chi connectivity index (χ1) is 14.1. The highest BCUT2D eigenvalue weighted by Crippen LogP contribution is 2.75. The summed E-state index contributed by atoms with van der Waals surface area (Å²) in [7, 11) is 0. The van der Waals surface area contributed by atoms with Crippen LogP contribution in [0.5, 0.6) is 0 Å². The van der Waals surface area contributed by atoms with Crippen molar-refractivity contribution < 1.29 is 28.5 Å². The normalized spacial score (nSPS) is 59.6. The number of hydrogen-bond donors (Lipinski definition) is 0. The van der Waals surface area contributed by atoms with Gasteiger partial charge in [0.25, 0.3) is 0 Å². The number of alkyl halides is 1. The Hall–Kier alpha value is -0.850. The molecule has 0 unspecified atom stereocenters. The summed E-state index contributed by atoms with van der Waals surface area (Å²) in [6.07, 6.45) is 5.70. The molecule has 30 heavy (non-hydrogen) atoms. The van der Waals surface area contributed by atoms with Crippen LogP contribution < -0.4 is 0 Å². The molecule has 0 aromatic heterocycles. The maximum absolute atomic E-state index is 12.2. The zero-order valence-corrected chi connectivity index (χ0v) is 18.9. The number of carbonyl (C=O) groups is 2. The summed E-state index contributed by atoms with van der Waals surface area (Å²) in [6, 6.07) is 0. The van der Waals surface area contributed by atoms with Crippen LogP contribution in [0, 0.1) is 28.6 Å². The Morgan fingerprint density at radius 3 is 2.37 bits per heavy atom. The van der Waals surface area contributed by atoms with Crippen LogP contribution in [-0.2, 0) is 28.5 Å². The minimum atomic E-state index is -0.751. The second kappa shape index (κ2) is 5.74. The lowest BCUT2D eigenvalue weighted by Gasteiger charge is -2.65. The Morgan fingerprint density at radius 2 is 1.67 bits per heavy atom. The van der Waals surface area contributed by atoms with Crippen LogP contribution in [0.3, 0.4) is 0 Å². The highest BCUT2D eigenvalue weighted by molar-refractivity contribution is 6.21. The average molecular weight is 439 g/mol. The van der Waals surface area contributed by atoms with Crippen LogP contribution in [0.1, 0.15) is 66.2 Å². The number of ether oxygens (including phenoxy) is 4. The Bertz CT molecular complexity index is 833. The van der Waals surface area contributed by atoms with Gasteiger partial charge in [0, 0.05) is 31.1 Å². The molecule has 0 aromatic rings. The van der Waals surface area contributed by atoms with E-state index in [2.05, 4.69) is 13.8 Å². The first kappa shape index (κ1) is 19.8. The van der Waals surface area contributed by atoms with Crippen LogP contribution in [-0.4, -0.2) is 47.0 Å². The molecule has 4 saturated carbocycles. The summed E-state index contributed by atoms with van der Waals surface area (Å²) in [6.45, 7) is 7.49. The molecule has 0 N–H and O–H groups in total. The van der Waals surface area contributed by atoms with Crippen molar-refractivity contribution in [1.29, 1.82) is 0 Å². The van der Waals surface area contributed by atoms with E-state index in [1.807, 2.05) is 0 Å². The molecule has 0 amide bonds. The van der Waals surface area contributed by atoms with Crippen LogP contribution in [0.4, 0.5) is 0 Å². The molecule has 0 aromatic carbocycles. The number of halogens is 1. The highest BCUT2D eigenvalue weighted by atomic mass is 35.5. The number of esters is 2. The number of hydrogen-bond acceptors (Lipinski definition) is 6. The van der Waals surface area contributed by atoms with Gasteiger partial charge in [0.15, 0.2) is 0 Å². The quantitative estimate of drug-likeness (QED) is 0.372. The SMILES string of the molecule is CC(=O)O[C@@]12O[C@@H]1C[C@H]1[C@@H]3C[C@@H](Cl)[C@@]4(OC(C)=O)C[C@@H]5O[C@@H]5C[C@]4(C)[C@H]3CC[C@@]12C. The van der Waals surface area contributed by atoms with Crippen LogP contribution >= 0.6 is 11.6 Å². The molecule has 6 aliphatic rings. The molecule has 2 aliphatic heterocycles. The standard InChI is InChI=1S/C23H31ClO6/c1-11(25)28-22-10-17-16(27-17)9-21(22,4)14-5-6-20(3)15(13(14)7-18(22)24)8-19-23(20,30-19)29-12(2)26/h13-19H,5-10H2,1-4H3/t13-,14+,15+,16-,17+,18-,19-,20+,21-,22+,23-/m1/s1. The van der Waals surface area contributed by atoms with Crippen molar-refractivity contribution in [1.82, 2.24) is 0 Å². The zero-order chi connectivity index (χ0) is 21.3. The zero-order valence-electron chi connectivity index (χ0n) is 18.1. The van der Waals surface area contributed by atoms with Crippen LogP contribution in [0.2, 0.25) is 0 Å². The molecule has 11 atom stereocenters. The van der Waals surface area contributed by atoms with E-state index in [-0.39, 0.29) is 46.5 Å². The van der Waals surface area contributed by atoms with Gasteiger partial charge in [-0.25, -0.2) is 0 Å². The van der Waals surface area contributed by atoms with E-state index in [0.717, 1.165) is 32.1 Å². The van der Waals surface area contributed by atoms with Crippen molar-refractivity contribution in [3.8, 4) is 0 Å². The fraction of sp³-hybridized carbons (Fsp3) is 0.913. The van der Waals surface area contributed by atoms with E-state index in [1.54, 1.807) is 0 Å². The smallest absolute Gasteiger partial charge is 0.305 e. The van der Waals surface area contributed by atoms with Gasteiger partial charge in [-0.3, -0.25) is 9.59 Å². The Labute approximate surface area is 182 Å². The second-order valence-corrected chi connectivity index (χ2v) is 11.7. The van der Waals surface area contributed by atoms with Crippen molar-refractivity contribution in [3.63, 3.8) is 0 Å². The number of carbonyl (C=O) groups excluding carboxylic acids is 2. The highest BCUT2D eigenvalue weighted by Gasteiger charge is 2.82. The van der Waals surface area contributed by atoms with Crippen molar-refractivity contribution in [2.24, 2.45) is 28.6 Å². The lowest BCUT2D eigenvalue weighted by Crippen LogP contribution is -2.68. The van der Waals surface area contributed by atoms with Gasteiger partial charge >= 0.3 is 11.9 Å². The summed E-state index contributed by atoms with van der Waals surface area (Å²) in [5, 5.41) is -0.248. The summed E-state index contributed by atoms with van der Waals surface area (Å²) in [4.78, 5) is 24.0. The maximum Gasteiger partial charge on any atom is 0.305 e. The van der Waals surface area contributed by atoms with E-state index in [0.29, 0.717) is 24.2 Å². The van der Waals surface area contributed by atoms with Crippen LogP contribution in [0.25, 0.3) is 0 Å². The number of rotatable bonds is 2. The maximum atomic E-state index is 12.2. The van der Waals surface area contributed by atoms with Gasteiger partial charge in [0.1, 0.15) is 11.7 Å².